The quantitative estimate of drug-likeness (QED) is 0.287. The van der Waals surface area contributed by atoms with Crippen LogP contribution >= 0.6 is 12.4 Å². The summed E-state index contributed by atoms with van der Waals surface area (Å²) in [7, 11) is 3.11. The lowest BCUT2D eigenvalue weighted by Gasteiger charge is -2.13. The molecule has 0 aliphatic carbocycles. The molecule has 37 heavy (non-hydrogen) atoms. The number of carbonyl (C=O) groups is 1. The molecule has 8 nitrogen and oxygen atoms in total. The lowest BCUT2D eigenvalue weighted by molar-refractivity contribution is 0.0948. The Morgan fingerprint density at radius 3 is 2.30 bits per heavy atom. The first kappa shape index (κ1) is 25.5. The molecule has 0 saturated heterocycles. The van der Waals surface area contributed by atoms with Gasteiger partial charge < -0.3 is 24.2 Å². The highest BCUT2D eigenvalue weighted by atomic mass is 35.5. The van der Waals surface area contributed by atoms with Crippen molar-refractivity contribution in [3.8, 4) is 33.9 Å². The number of ether oxygens (including phenoxy) is 2. The van der Waals surface area contributed by atoms with Crippen LogP contribution in [0.4, 0.5) is 0 Å². The second-order valence-electron chi connectivity index (χ2n) is 8.08. The molecule has 188 valence electrons. The minimum Gasteiger partial charge on any atom is -0.497 e. The Kier molecular flexibility index (Phi) is 7.60. The maximum atomic E-state index is 13.4. The molecule has 9 heteroatoms. The zero-order valence-electron chi connectivity index (χ0n) is 20.1. The van der Waals surface area contributed by atoms with E-state index in [4.69, 9.17) is 13.9 Å². The Hall–Kier alpha value is -4.56. The molecule has 0 aliphatic heterocycles. The largest absolute Gasteiger partial charge is 0.497 e. The van der Waals surface area contributed by atoms with Crippen LogP contribution in [0.5, 0.6) is 11.5 Å². The Bertz CT molecular complexity index is 1570. The van der Waals surface area contributed by atoms with Gasteiger partial charge in [-0.2, -0.15) is 0 Å². The van der Waals surface area contributed by atoms with Gasteiger partial charge in [-0.05, 0) is 34.9 Å². The van der Waals surface area contributed by atoms with Crippen molar-refractivity contribution in [2.24, 2.45) is 0 Å². The molecule has 0 saturated carbocycles. The Labute approximate surface area is 218 Å². The van der Waals surface area contributed by atoms with Crippen LogP contribution in [-0.2, 0) is 6.54 Å². The van der Waals surface area contributed by atoms with Crippen molar-refractivity contribution in [3.63, 3.8) is 0 Å². The van der Waals surface area contributed by atoms with Gasteiger partial charge >= 0.3 is 5.63 Å². The van der Waals surface area contributed by atoms with E-state index in [1.807, 2.05) is 36.4 Å². The lowest BCUT2D eigenvalue weighted by atomic mass is 9.95. The van der Waals surface area contributed by atoms with Crippen molar-refractivity contribution >= 4 is 29.3 Å². The van der Waals surface area contributed by atoms with Gasteiger partial charge in [0.05, 0.1) is 32.4 Å². The number of hydrogen-bond acceptors (Lipinski definition) is 6. The van der Waals surface area contributed by atoms with Gasteiger partial charge in [-0.15, -0.1) is 12.4 Å². The zero-order chi connectivity index (χ0) is 25.1. The number of methoxy groups -OCH3 is 2. The Morgan fingerprint density at radius 1 is 0.973 bits per heavy atom. The van der Waals surface area contributed by atoms with E-state index >= 15 is 0 Å². The SMILES string of the molecule is COc1cc(CNC(=O)c2c(-c3ccc(-c4cnc[nH]4)cc3)c3ccccc3oc2=O)cc(OC)c1.Cl. The second kappa shape index (κ2) is 11.0. The van der Waals surface area contributed by atoms with Gasteiger partial charge in [0.15, 0.2) is 0 Å². The number of rotatable bonds is 7. The fourth-order valence-electron chi connectivity index (χ4n) is 4.13. The van der Waals surface area contributed by atoms with Crippen LogP contribution < -0.4 is 20.4 Å². The molecule has 0 unspecified atom stereocenters. The zero-order valence-corrected chi connectivity index (χ0v) is 20.9. The molecule has 0 fully saturated rings. The van der Waals surface area contributed by atoms with Crippen LogP contribution in [-0.4, -0.2) is 30.1 Å². The molecule has 0 aliphatic rings. The highest BCUT2D eigenvalue weighted by Crippen LogP contribution is 2.32. The van der Waals surface area contributed by atoms with Crippen LogP contribution in [0.25, 0.3) is 33.4 Å². The molecule has 0 spiro atoms. The van der Waals surface area contributed by atoms with Gasteiger partial charge in [-0.3, -0.25) is 4.79 Å². The first-order valence-corrected chi connectivity index (χ1v) is 11.2. The highest BCUT2D eigenvalue weighted by molar-refractivity contribution is 6.08. The van der Waals surface area contributed by atoms with E-state index in [0.29, 0.717) is 28.0 Å². The molecule has 0 atom stereocenters. The van der Waals surface area contributed by atoms with E-state index < -0.39 is 11.5 Å². The van der Waals surface area contributed by atoms with Gasteiger partial charge in [0.25, 0.3) is 5.91 Å². The van der Waals surface area contributed by atoms with Crippen molar-refractivity contribution in [1.29, 1.82) is 0 Å². The fraction of sp³-hybridized carbons (Fsp3) is 0.107. The van der Waals surface area contributed by atoms with E-state index in [-0.39, 0.29) is 24.5 Å². The van der Waals surface area contributed by atoms with Crippen molar-refractivity contribution in [2.75, 3.05) is 14.2 Å². The molecule has 0 bridgehead atoms. The number of benzene rings is 3. The van der Waals surface area contributed by atoms with Crippen LogP contribution in [0.15, 0.2) is 88.5 Å². The number of para-hydroxylation sites is 1. The summed E-state index contributed by atoms with van der Waals surface area (Å²) in [6.45, 7) is 0.164. The van der Waals surface area contributed by atoms with Crippen molar-refractivity contribution in [3.05, 3.63) is 101 Å². The van der Waals surface area contributed by atoms with Crippen LogP contribution in [0.3, 0.4) is 0 Å². The maximum Gasteiger partial charge on any atom is 0.349 e. The van der Waals surface area contributed by atoms with Crippen LogP contribution in [0.2, 0.25) is 0 Å². The molecule has 1 amide bonds. The van der Waals surface area contributed by atoms with Crippen LogP contribution in [0.1, 0.15) is 15.9 Å². The number of nitrogens with one attached hydrogen (secondary N) is 2. The fourth-order valence-corrected chi connectivity index (χ4v) is 4.13. The van der Waals surface area contributed by atoms with Crippen molar-refractivity contribution in [1.82, 2.24) is 15.3 Å². The Morgan fingerprint density at radius 2 is 1.65 bits per heavy atom. The summed E-state index contributed by atoms with van der Waals surface area (Å²) >= 11 is 0. The van der Waals surface area contributed by atoms with Gasteiger partial charge in [0.2, 0.25) is 0 Å². The molecular weight excluding hydrogens is 494 g/mol. The van der Waals surface area contributed by atoms with E-state index in [9.17, 15) is 9.59 Å². The minimum atomic E-state index is -0.706. The van der Waals surface area contributed by atoms with E-state index in [2.05, 4.69) is 15.3 Å². The lowest BCUT2D eigenvalue weighted by Crippen LogP contribution is -2.29. The summed E-state index contributed by atoms with van der Waals surface area (Å²) in [4.78, 5) is 33.6. The van der Waals surface area contributed by atoms with Crippen LogP contribution in [0, 0.1) is 0 Å². The average Bonchev–Trinajstić information content (AvgIpc) is 3.46. The number of hydrogen-bond donors (Lipinski definition) is 2. The first-order valence-electron chi connectivity index (χ1n) is 11.2. The second-order valence-corrected chi connectivity index (χ2v) is 8.08. The van der Waals surface area contributed by atoms with Crippen molar-refractivity contribution < 1.29 is 18.7 Å². The molecule has 3 aromatic carbocycles. The summed E-state index contributed by atoms with van der Waals surface area (Å²) in [6, 6.07) is 20.1. The molecule has 5 rings (SSSR count). The number of H-pyrrole nitrogens is 1. The summed E-state index contributed by atoms with van der Waals surface area (Å²) in [5, 5.41) is 3.51. The van der Waals surface area contributed by atoms with Gasteiger partial charge in [0.1, 0.15) is 22.6 Å². The highest BCUT2D eigenvalue weighted by Gasteiger charge is 2.22. The number of carbonyl (C=O) groups excluding carboxylic acids is 1. The average molecular weight is 518 g/mol. The van der Waals surface area contributed by atoms with E-state index in [1.54, 1.807) is 57.1 Å². The molecule has 0 radical (unpaired) electrons. The summed E-state index contributed by atoms with van der Waals surface area (Å²) in [5.74, 6) is 0.660. The predicted octanol–water partition coefficient (Wildman–Crippen LogP) is 5.22. The third kappa shape index (κ3) is 5.19. The number of nitrogens with zero attached hydrogens (tertiary/aromatic N) is 1. The maximum absolute atomic E-state index is 13.4. The minimum absolute atomic E-state index is 0. The number of amides is 1. The number of aromatic nitrogens is 2. The number of fused-ring (bicyclic) bond motifs is 1. The summed E-state index contributed by atoms with van der Waals surface area (Å²) < 4.78 is 16.1. The molecule has 2 heterocycles. The first-order chi connectivity index (χ1) is 17.6. The molecule has 2 N–H and O–H groups in total. The van der Waals surface area contributed by atoms with Gasteiger partial charge in [0, 0.05) is 23.6 Å². The Balaban J connectivity index is 0.00000320. The predicted molar refractivity (Wildman–Crippen MR) is 143 cm³/mol. The van der Waals surface area contributed by atoms with Crippen molar-refractivity contribution in [2.45, 2.75) is 6.54 Å². The smallest absolute Gasteiger partial charge is 0.349 e. The normalized spacial score (nSPS) is 10.5. The van der Waals surface area contributed by atoms with Gasteiger partial charge in [-0.25, -0.2) is 9.78 Å². The topological polar surface area (TPSA) is 106 Å². The molecular formula is C28H24ClN3O5. The number of imidazole rings is 1. The summed E-state index contributed by atoms with van der Waals surface area (Å²) in [5.41, 5.74) is 3.43. The third-order valence-electron chi connectivity index (χ3n) is 5.89. The van der Waals surface area contributed by atoms with Gasteiger partial charge in [-0.1, -0.05) is 42.5 Å². The molecule has 2 aromatic heterocycles. The number of halogens is 1. The monoisotopic (exact) mass is 517 g/mol. The van der Waals surface area contributed by atoms with E-state index in [1.165, 1.54) is 0 Å². The standard InChI is InChI=1S/C28H23N3O5.ClH/c1-34-20-11-17(12-21(13-20)35-2)14-30-27(32)26-25(22-5-3-4-6-24(22)36-28(26)33)19-9-7-18(8-10-19)23-15-29-16-31-23;/h3-13,15-16H,14H2,1-2H3,(H,29,31)(H,30,32);1H. The summed E-state index contributed by atoms with van der Waals surface area (Å²) in [6.07, 6.45) is 3.34. The third-order valence-corrected chi connectivity index (χ3v) is 5.89. The van der Waals surface area contributed by atoms with E-state index in [0.717, 1.165) is 22.4 Å². The number of aromatic amines is 1. The molecule has 5 aromatic rings.